The van der Waals surface area contributed by atoms with E-state index in [-0.39, 0.29) is 0 Å². The lowest BCUT2D eigenvalue weighted by atomic mass is 10.3. The van der Waals surface area contributed by atoms with Crippen LogP contribution >= 0.6 is 15.9 Å². The van der Waals surface area contributed by atoms with Crippen molar-refractivity contribution in [3.8, 4) is 0 Å². The minimum atomic E-state index is 0.832. The number of piperazine rings is 1. The first-order chi connectivity index (χ1) is 8.61. The number of aromatic nitrogens is 2. The maximum atomic E-state index is 4.51. The first kappa shape index (κ1) is 14.0. The monoisotopic (exact) mass is 315 g/mol. The topological polar surface area (TPSA) is 36.3 Å². The number of aryl methyl sites for hydroxylation is 2. The zero-order valence-electron chi connectivity index (χ0n) is 11.4. The second-order valence-electron chi connectivity index (χ2n) is 4.79. The Bertz CT molecular complexity index is 395. The Morgan fingerprint density at radius 2 is 1.94 bits per heavy atom. The molecule has 18 heavy (non-hydrogen) atoms. The summed E-state index contributed by atoms with van der Waals surface area (Å²) in [5.74, 6) is 0. The highest BCUT2D eigenvalue weighted by Gasteiger charge is 2.16. The van der Waals surface area contributed by atoms with Gasteiger partial charge in [0.2, 0.25) is 0 Å². The number of likely N-dealkylation sites (N-methyl/N-ethyl adjacent to an activating group) is 1. The van der Waals surface area contributed by atoms with Gasteiger partial charge in [-0.05, 0) is 36.8 Å². The Morgan fingerprint density at radius 3 is 2.56 bits per heavy atom. The molecule has 0 aromatic carbocycles. The van der Waals surface area contributed by atoms with Crippen molar-refractivity contribution in [3.63, 3.8) is 0 Å². The van der Waals surface area contributed by atoms with Gasteiger partial charge in [0, 0.05) is 32.7 Å². The van der Waals surface area contributed by atoms with Gasteiger partial charge in [-0.2, -0.15) is 5.10 Å². The van der Waals surface area contributed by atoms with Gasteiger partial charge in [-0.15, -0.1) is 0 Å². The second-order valence-corrected chi connectivity index (χ2v) is 5.58. The predicted molar refractivity (Wildman–Crippen MR) is 76.2 cm³/mol. The molecule has 6 heteroatoms. The third kappa shape index (κ3) is 3.12. The molecule has 1 saturated heterocycles. The van der Waals surface area contributed by atoms with Crippen molar-refractivity contribution < 1.29 is 0 Å². The molecule has 1 aromatic rings. The van der Waals surface area contributed by atoms with Crippen LogP contribution in [-0.2, 0) is 13.1 Å². The fraction of sp³-hybridized carbons (Fsp3) is 0.750. The third-order valence-corrected chi connectivity index (χ3v) is 4.46. The predicted octanol–water partition coefficient (Wildman–Crippen LogP) is 1.23. The summed E-state index contributed by atoms with van der Waals surface area (Å²) in [4.78, 5) is 2.36. The van der Waals surface area contributed by atoms with Crippen LogP contribution in [0.4, 0.5) is 0 Å². The highest BCUT2D eigenvalue weighted by molar-refractivity contribution is 9.10. The Morgan fingerprint density at radius 1 is 1.28 bits per heavy atom. The quantitative estimate of drug-likeness (QED) is 0.906. The molecule has 0 spiro atoms. The number of halogens is 1. The van der Waals surface area contributed by atoms with Crippen LogP contribution in [0.3, 0.4) is 0 Å². The maximum Gasteiger partial charge on any atom is 0.0739 e. The van der Waals surface area contributed by atoms with Crippen molar-refractivity contribution in [3.05, 3.63) is 15.9 Å². The van der Waals surface area contributed by atoms with E-state index in [0.29, 0.717) is 0 Å². The second kappa shape index (κ2) is 6.14. The first-order valence-electron chi connectivity index (χ1n) is 6.50. The normalized spacial score (nSPS) is 18.4. The SMILES string of the molecule is CCn1nc(C)c(Br)c1CNN1CCN(C)CC1. The number of nitrogens with one attached hydrogen (secondary N) is 1. The van der Waals surface area contributed by atoms with Gasteiger partial charge >= 0.3 is 0 Å². The number of hydrogen-bond donors (Lipinski definition) is 1. The van der Waals surface area contributed by atoms with E-state index >= 15 is 0 Å². The van der Waals surface area contributed by atoms with E-state index in [1.165, 1.54) is 5.69 Å². The molecule has 0 radical (unpaired) electrons. The van der Waals surface area contributed by atoms with Gasteiger partial charge in [0.15, 0.2) is 0 Å². The van der Waals surface area contributed by atoms with E-state index in [1.807, 2.05) is 6.92 Å². The molecule has 1 fully saturated rings. The van der Waals surface area contributed by atoms with Crippen LogP contribution in [0.15, 0.2) is 4.47 Å². The molecule has 0 aliphatic carbocycles. The lowest BCUT2D eigenvalue weighted by Crippen LogP contribution is -2.50. The fourth-order valence-electron chi connectivity index (χ4n) is 2.19. The molecule has 1 aliphatic heterocycles. The summed E-state index contributed by atoms with van der Waals surface area (Å²) in [5.41, 5.74) is 5.80. The molecular weight excluding hydrogens is 294 g/mol. The van der Waals surface area contributed by atoms with Crippen molar-refractivity contribution in [2.24, 2.45) is 0 Å². The Labute approximate surface area is 117 Å². The van der Waals surface area contributed by atoms with Crippen LogP contribution in [0.2, 0.25) is 0 Å². The smallest absolute Gasteiger partial charge is 0.0739 e. The molecule has 0 unspecified atom stereocenters. The van der Waals surface area contributed by atoms with Crippen LogP contribution in [-0.4, -0.2) is 52.9 Å². The molecule has 0 atom stereocenters. The Kier molecular flexibility index (Phi) is 4.77. The molecule has 1 aromatic heterocycles. The summed E-state index contributed by atoms with van der Waals surface area (Å²) in [6.45, 7) is 10.3. The highest BCUT2D eigenvalue weighted by Crippen LogP contribution is 2.20. The molecule has 5 nitrogen and oxygen atoms in total. The minimum Gasteiger partial charge on any atom is -0.304 e. The van der Waals surface area contributed by atoms with E-state index in [4.69, 9.17) is 0 Å². The first-order valence-corrected chi connectivity index (χ1v) is 7.30. The fourth-order valence-corrected chi connectivity index (χ4v) is 2.61. The summed E-state index contributed by atoms with van der Waals surface area (Å²) in [5, 5.41) is 6.81. The Balaban J connectivity index is 1.93. The van der Waals surface area contributed by atoms with Crippen LogP contribution in [0.1, 0.15) is 18.3 Å². The molecule has 1 N–H and O–H groups in total. The van der Waals surface area contributed by atoms with Crippen LogP contribution in [0.25, 0.3) is 0 Å². The lowest BCUT2D eigenvalue weighted by molar-refractivity contribution is 0.101. The minimum absolute atomic E-state index is 0.832. The molecule has 0 bridgehead atoms. The van der Waals surface area contributed by atoms with Crippen molar-refractivity contribution in [2.75, 3.05) is 33.2 Å². The largest absolute Gasteiger partial charge is 0.304 e. The molecule has 2 heterocycles. The van der Waals surface area contributed by atoms with Crippen molar-refractivity contribution in [2.45, 2.75) is 26.9 Å². The van der Waals surface area contributed by atoms with Crippen molar-refractivity contribution >= 4 is 15.9 Å². The summed E-state index contributed by atoms with van der Waals surface area (Å²) < 4.78 is 3.19. The summed E-state index contributed by atoms with van der Waals surface area (Å²) in [7, 11) is 2.17. The zero-order chi connectivity index (χ0) is 13.1. The van der Waals surface area contributed by atoms with Gasteiger partial charge in [0.25, 0.3) is 0 Å². The van der Waals surface area contributed by atoms with Gasteiger partial charge in [-0.3, -0.25) is 4.68 Å². The van der Waals surface area contributed by atoms with Crippen molar-refractivity contribution in [1.82, 2.24) is 25.1 Å². The summed E-state index contributed by atoms with van der Waals surface area (Å²) in [6, 6.07) is 0. The molecule has 0 amide bonds. The molecule has 0 saturated carbocycles. The van der Waals surface area contributed by atoms with E-state index in [2.05, 4.69) is 55.0 Å². The number of rotatable bonds is 4. The number of hydrogen-bond acceptors (Lipinski definition) is 4. The summed E-state index contributed by atoms with van der Waals surface area (Å²) in [6.07, 6.45) is 0. The lowest BCUT2D eigenvalue weighted by Gasteiger charge is -2.32. The molecule has 1 aliphatic rings. The number of nitrogens with zero attached hydrogens (tertiary/aromatic N) is 4. The average Bonchev–Trinajstić information content (AvgIpc) is 2.65. The Hall–Kier alpha value is -0.430. The highest BCUT2D eigenvalue weighted by atomic mass is 79.9. The van der Waals surface area contributed by atoms with Gasteiger partial charge in [0.1, 0.15) is 0 Å². The molecule has 2 rings (SSSR count). The molecular formula is C12H22BrN5. The maximum absolute atomic E-state index is 4.51. The van der Waals surface area contributed by atoms with Gasteiger partial charge < -0.3 is 4.90 Å². The van der Waals surface area contributed by atoms with E-state index in [9.17, 15) is 0 Å². The summed E-state index contributed by atoms with van der Waals surface area (Å²) >= 11 is 3.63. The van der Waals surface area contributed by atoms with E-state index in [0.717, 1.165) is 49.4 Å². The van der Waals surface area contributed by atoms with Crippen LogP contribution in [0, 0.1) is 6.92 Å². The van der Waals surface area contributed by atoms with Gasteiger partial charge in [-0.1, -0.05) is 0 Å². The van der Waals surface area contributed by atoms with Crippen LogP contribution < -0.4 is 5.43 Å². The molecule has 102 valence electrons. The van der Waals surface area contributed by atoms with Crippen LogP contribution in [0.5, 0.6) is 0 Å². The third-order valence-electron chi connectivity index (χ3n) is 3.43. The zero-order valence-corrected chi connectivity index (χ0v) is 13.0. The van der Waals surface area contributed by atoms with E-state index < -0.39 is 0 Å². The van der Waals surface area contributed by atoms with Crippen molar-refractivity contribution in [1.29, 1.82) is 0 Å². The van der Waals surface area contributed by atoms with E-state index in [1.54, 1.807) is 0 Å². The van der Waals surface area contributed by atoms with Gasteiger partial charge in [0.05, 0.1) is 22.4 Å². The van der Waals surface area contributed by atoms with Gasteiger partial charge in [-0.25, -0.2) is 10.4 Å². The average molecular weight is 316 g/mol. The standard InChI is InChI=1S/C12H22BrN5/c1-4-18-11(12(13)10(2)15-18)9-14-17-7-5-16(3)6-8-17/h14H,4-9H2,1-3H3. The number of hydrazine groups is 1.